The summed E-state index contributed by atoms with van der Waals surface area (Å²) < 4.78 is 0. The van der Waals surface area contributed by atoms with E-state index < -0.39 is 0 Å². The van der Waals surface area contributed by atoms with Crippen molar-refractivity contribution in [3.63, 3.8) is 0 Å². The minimum absolute atomic E-state index is 0.167. The van der Waals surface area contributed by atoms with Crippen molar-refractivity contribution < 1.29 is 0 Å². The second kappa shape index (κ2) is 6.25. The quantitative estimate of drug-likeness (QED) is 0.802. The van der Waals surface area contributed by atoms with Gasteiger partial charge in [-0.2, -0.15) is 0 Å². The van der Waals surface area contributed by atoms with Gasteiger partial charge in [-0.3, -0.25) is 0 Å². The molecule has 0 amide bonds. The molecule has 1 aromatic carbocycles. The Morgan fingerprint density at radius 1 is 1.30 bits per heavy atom. The summed E-state index contributed by atoms with van der Waals surface area (Å²) in [4.78, 5) is 0. The number of hydrogen-bond acceptors (Lipinski definition) is 1. The van der Waals surface area contributed by atoms with Crippen LogP contribution in [0.25, 0.3) is 0 Å². The van der Waals surface area contributed by atoms with E-state index in [0.717, 1.165) is 28.5 Å². The summed E-state index contributed by atoms with van der Waals surface area (Å²) in [5.41, 5.74) is 7.76. The monoisotopic (exact) mass is 313 g/mol. The molecule has 3 heteroatoms. The Balaban J connectivity index is 2.28. The lowest BCUT2D eigenvalue weighted by atomic mass is 9.63. The van der Waals surface area contributed by atoms with E-state index in [4.69, 9.17) is 28.9 Å². The fraction of sp³-hybridized carbons (Fsp3) is 0.647. The first-order valence-corrected chi connectivity index (χ1v) is 8.30. The van der Waals surface area contributed by atoms with Crippen LogP contribution in [0.4, 0.5) is 0 Å². The number of nitrogens with two attached hydrogens (primary N) is 1. The fourth-order valence-electron chi connectivity index (χ4n) is 3.89. The highest BCUT2D eigenvalue weighted by Gasteiger charge is 2.41. The average molecular weight is 314 g/mol. The van der Waals surface area contributed by atoms with Crippen LogP contribution in [0.3, 0.4) is 0 Å². The van der Waals surface area contributed by atoms with Crippen LogP contribution in [0, 0.1) is 17.8 Å². The van der Waals surface area contributed by atoms with Gasteiger partial charge in [0.2, 0.25) is 0 Å². The number of benzene rings is 1. The van der Waals surface area contributed by atoms with Gasteiger partial charge in [-0.05, 0) is 60.8 Å². The molecule has 0 aliphatic heterocycles. The molecule has 0 aromatic heterocycles. The fourth-order valence-corrected chi connectivity index (χ4v) is 4.27. The first-order chi connectivity index (χ1) is 9.32. The lowest BCUT2D eigenvalue weighted by Gasteiger charge is -2.46. The Labute approximate surface area is 132 Å². The normalized spacial score (nSPS) is 30.8. The van der Waals surface area contributed by atoms with Crippen molar-refractivity contribution in [3.05, 3.63) is 33.8 Å². The third-order valence-corrected chi connectivity index (χ3v) is 5.37. The highest BCUT2D eigenvalue weighted by molar-refractivity contribution is 6.33. The van der Waals surface area contributed by atoms with Crippen LogP contribution in [0.1, 0.15) is 45.6 Å². The van der Waals surface area contributed by atoms with Crippen molar-refractivity contribution in [2.24, 2.45) is 23.5 Å². The van der Waals surface area contributed by atoms with Crippen molar-refractivity contribution >= 4 is 23.2 Å². The lowest BCUT2D eigenvalue weighted by molar-refractivity contribution is 0.109. The molecule has 0 saturated heterocycles. The van der Waals surface area contributed by atoms with E-state index in [1.165, 1.54) is 12.8 Å². The lowest BCUT2D eigenvalue weighted by Crippen LogP contribution is -2.54. The average Bonchev–Trinajstić information content (AvgIpc) is 2.32. The zero-order chi connectivity index (χ0) is 14.9. The summed E-state index contributed by atoms with van der Waals surface area (Å²) >= 11 is 12.4. The molecule has 1 fully saturated rings. The molecule has 1 aliphatic rings. The Kier molecular flexibility index (Phi) is 5.05. The number of hydrogen-bond donors (Lipinski definition) is 1. The Morgan fingerprint density at radius 3 is 2.65 bits per heavy atom. The topological polar surface area (TPSA) is 26.0 Å². The van der Waals surface area contributed by atoms with Gasteiger partial charge in [-0.1, -0.05) is 50.4 Å². The molecule has 0 bridgehead atoms. The molecule has 0 spiro atoms. The summed E-state index contributed by atoms with van der Waals surface area (Å²) in [7, 11) is 0. The van der Waals surface area contributed by atoms with E-state index in [2.05, 4.69) is 20.8 Å². The number of rotatable bonds is 3. The Hall–Kier alpha value is -0.240. The Bertz CT molecular complexity index is 472. The summed E-state index contributed by atoms with van der Waals surface area (Å²) in [6, 6.07) is 5.67. The van der Waals surface area contributed by atoms with Crippen LogP contribution >= 0.6 is 23.2 Å². The highest BCUT2D eigenvalue weighted by Crippen LogP contribution is 2.42. The third kappa shape index (κ3) is 3.50. The van der Waals surface area contributed by atoms with E-state index in [9.17, 15) is 0 Å². The van der Waals surface area contributed by atoms with Gasteiger partial charge < -0.3 is 5.73 Å². The van der Waals surface area contributed by atoms with Crippen LogP contribution in [-0.2, 0) is 6.42 Å². The third-order valence-electron chi connectivity index (χ3n) is 4.77. The van der Waals surface area contributed by atoms with Gasteiger partial charge >= 0.3 is 0 Å². The summed E-state index contributed by atoms with van der Waals surface area (Å²) in [5.74, 6) is 1.84. The van der Waals surface area contributed by atoms with E-state index in [-0.39, 0.29) is 5.54 Å². The van der Waals surface area contributed by atoms with Crippen LogP contribution in [0.15, 0.2) is 18.2 Å². The van der Waals surface area contributed by atoms with Gasteiger partial charge in [0.15, 0.2) is 0 Å². The highest BCUT2D eigenvalue weighted by atomic mass is 35.5. The molecule has 1 aromatic rings. The van der Waals surface area contributed by atoms with Crippen molar-refractivity contribution in [2.45, 2.75) is 52.0 Å². The molecule has 112 valence electrons. The van der Waals surface area contributed by atoms with Crippen LogP contribution in [0.5, 0.6) is 0 Å². The van der Waals surface area contributed by atoms with Gasteiger partial charge in [0.1, 0.15) is 0 Å². The van der Waals surface area contributed by atoms with E-state index in [0.29, 0.717) is 17.8 Å². The minimum atomic E-state index is -0.167. The molecule has 2 N–H and O–H groups in total. The SMILES string of the molecule is CC1CCC(C(C)C)C(N)(Cc2cc(Cl)ccc2Cl)C1. The van der Waals surface area contributed by atoms with Gasteiger partial charge in [0.05, 0.1) is 0 Å². The first-order valence-electron chi connectivity index (χ1n) is 7.54. The summed E-state index contributed by atoms with van der Waals surface area (Å²) in [6.07, 6.45) is 4.39. The molecule has 0 heterocycles. The van der Waals surface area contributed by atoms with Gasteiger partial charge in [-0.25, -0.2) is 0 Å². The smallest absolute Gasteiger partial charge is 0.0439 e. The van der Waals surface area contributed by atoms with Crippen LogP contribution < -0.4 is 5.73 Å². The van der Waals surface area contributed by atoms with E-state index >= 15 is 0 Å². The molecule has 1 aliphatic carbocycles. The molecular formula is C17H25Cl2N. The zero-order valence-corrected chi connectivity index (χ0v) is 14.1. The van der Waals surface area contributed by atoms with Gasteiger partial charge in [-0.15, -0.1) is 0 Å². The summed E-state index contributed by atoms with van der Waals surface area (Å²) in [6.45, 7) is 6.86. The van der Waals surface area contributed by atoms with Crippen LogP contribution in [-0.4, -0.2) is 5.54 Å². The molecule has 1 saturated carbocycles. The van der Waals surface area contributed by atoms with Crippen molar-refractivity contribution in [1.29, 1.82) is 0 Å². The zero-order valence-electron chi connectivity index (χ0n) is 12.6. The first kappa shape index (κ1) is 16.1. The second-order valence-corrected chi connectivity index (χ2v) is 7.73. The number of halogens is 2. The van der Waals surface area contributed by atoms with E-state index in [1.807, 2.05) is 18.2 Å². The molecule has 3 unspecified atom stereocenters. The standard InChI is InChI=1S/C17H25Cl2N/c1-11(2)15-6-4-12(3)9-17(15,20)10-13-8-14(18)5-7-16(13)19/h5,7-8,11-12,15H,4,6,9-10,20H2,1-3H3. The van der Waals surface area contributed by atoms with Crippen molar-refractivity contribution in [3.8, 4) is 0 Å². The maximum absolute atomic E-state index is 6.84. The molecule has 3 atom stereocenters. The molecular weight excluding hydrogens is 289 g/mol. The molecule has 20 heavy (non-hydrogen) atoms. The second-order valence-electron chi connectivity index (χ2n) is 6.88. The van der Waals surface area contributed by atoms with Crippen molar-refractivity contribution in [2.75, 3.05) is 0 Å². The maximum Gasteiger partial charge on any atom is 0.0439 e. The maximum atomic E-state index is 6.84. The van der Waals surface area contributed by atoms with Crippen molar-refractivity contribution in [1.82, 2.24) is 0 Å². The Morgan fingerprint density at radius 2 is 2.00 bits per heavy atom. The molecule has 2 rings (SSSR count). The molecule has 1 nitrogen and oxygen atoms in total. The largest absolute Gasteiger partial charge is 0.325 e. The predicted octanol–water partition coefficient (Wildman–Crippen LogP) is 5.33. The predicted molar refractivity (Wildman–Crippen MR) is 88.4 cm³/mol. The van der Waals surface area contributed by atoms with E-state index in [1.54, 1.807) is 0 Å². The summed E-state index contributed by atoms with van der Waals surface area (Å²) in [5, 5.41) is 1.51. The van der Waals surface area contributed by atoms with Gasteiger partial charge in [0.25, 0.3) is 0 Å². The van der Waals surface area contributed by atoms with Gasteiger partial charge in [0, 0.05) is 15.6 Å². The molecule has 0 radical (unpaired) electrons. The van der Waals surface area contributed by atoms with Crippen LogP contribution in [0.2, 0.25) is 10.0 Å². The minimum Gasteiger partial charge on any atom is -0.325 e.